The molecule has 0 spiro atoms. The Balaban J connectivity index is 1.61. The van der Waals surface area contributed by atoms with E-state index < -0.39 is 6.04 Å². The van der Waals surface area contributed by atoms with Gasteiger partial charge in [0.1, 0.15) is 6.04 Å². The van der Waals surface area contributed by atoms with Crippen molar-refractivity contribution in [2.45, 2.75) is 6.04 Å². The molecule has 1 N–H and O–H groups in total. The van der Waals surface area contributed by atoms with Gasteiger partial charge in [-0.3, -0.25) is 14.4 Å². The SMILES string of the molecule is O=C1Nc2ccccc2C(=O)N2CCN(C(=O)c3ccccc3)C[C@@H]12. The third-order valence-corrected chi connectivity index (χ3v) is 4.67. The number of benzene rings is 2. The second kappa shape index (κ2) is 6.05. The van der Waals surface area contributed by atoms with Gasteiger partial charge in [-0.2, -0.15) is 0 Å². The Morgan fingerprint density at radius 1 is 0.960 bits per heavy atom. The number of para-hydroxylation sites is 1. The highest BCUT2D eigenvalue weighted by Gasteiger charge is 2.40. The van der Waals surface area contributed by atoms with E-state index in [0.717, 1.165) is 0 Å². The molecule has 2 heterocycles. The Bertz CT molecular complexity index is 850. The smallest absolute Gasteiger partial charge is 0.256 e. The van der Waals surface area contributed by atoms with Gasteiger partial charge < -0.3 is 15.1 Å². The van der Waals surface area contributed by atoms with Crippen molar-refractivity contribution in [1.82, 2.24) is 9.80 Å². The summed E-state index contributed by atoms with van der Waals surface area (Å²) in [6.07, 6.45) is 0. The zero-order chi connectivity index (χ0) is 17.4. The lowest BCUT2D eigenvalue weighted by atomic mass is 10.1. The summed E-state index contributed by atoms with van der Waals surface area (Å²) in [5.41, 5.74) is 1.59. The molecule has 126 valence electrons. The van der Waals surface area contributed by atoms with Crippen molar-refractivity contribution in [2.75, 3.05) is 25.0 Å². The van der Waals surface area contributed by atoms with Crippen LogP contribution >= 0.6 is 0 Å². The number of nitrogens with one attached hydrogen (secondary N) is 1. The van der Waals surface area contributed by atoms with Gasteiger partial charge in [-0.05, 0) is 24.3 Å². The summed E-state index contributed by atoms with van der Waals surface area (Å²) in [6.45, 7) is 0.939. The maximum Gasteiger partial charge on any atom is 0.256 e. The van der Waals surface area contributed by atoms with E-state index in [9.17, 15) is 14.4 Å². The summed E-state index contributed by atoms with van der Waals surface area (Å²) in [5, 5.41) is 2.81. The molecule has 1 fully saturated rings. The summed E-state index contributed by atoms with van der Waals surface area (Å²) in [6, 6.07) is 15.3. The van der Waals surface area contributed by atoms with Crippen LogP contribution in [0.5, 0.6) is 0 Å². The fraction of sp³-hybridized carbons (Fsp3) is 0.211. The lowest BCUT2D eigenvalue weighted by molar-refractivity contribution is -0.121. The molecule has 2 aromatic carbocycles. The van der Waals surface area contributed by atoms with Gasteiger partial charge in [-0.15, -0.1) is 0 Å². The molecule has 0 radical (unpaired) electrons. The van der Waals surface area contributed by atoms with E-state index in [0.29, 0.717) is 29.9 Å². The van der Waals surface area contributed by atoms with Gasteiger partial charge in [0.25, 0.3) is 11.8 Å². The molecule has 0 aromatic heterocycles. The van der Waals surface area contributed by atoms with Crippen LogP contribution in [-0.4, -0.2) is 53.2 Å². The van der Waals surface area contributed by atoms with Crippen molar-refractivity contribution in [3.63, 3.8) is 0 Å². The first kappa shape index (κ1) is 15.4. The minimum atomic E-state index is -0.679. The van der Waals surface area contributed by atoms with Crippen LogP contribution in [0.15, 0.2) is 54.6 Å². The largest absolute Gasteiger partial charge is 0.334 e. The van der Waals surface area contributed by atoms with Crippen molar-refractivity contribution in [2.24, 2.45) is 0 Å². The van der Waals surface area contributed by atoms with E-state index in [2.05, 4.69) is 5.32 Å². The van der Waals surface area contributed by atoms with E-state index in [1.165, 1.54) is 0 Å². The molecule has 6 nitrogen and oxygen atoms in total. The highest BCUT2D eigenvalue weighted by Crippen LogP contribution is 2.25. The third-order valence-electron chi connectivity index (χ3n) is 4.67. The number of anilines is 1. The highest BCUT2D eigenvalue weighted by atomic mass is 16.2. The fourth-order valence-corrected chi connectivity index (χ4v) is 3.35. The Labute approximate surface area is 145 Å². The Hall–Kier alpha value is -3.15. The molecule has 1 atom stereocenters. The Morgan fingerprint density at radius 2 is 1.68 bits per heavy atom. The average molecular weight is 335 g/mol. The number of hydrogen-bond donors (Lipinski definition) is 1. The minimum Gasteiger partial charge on any atom is -0.334 e. The Morgan fingerprint density at radius 3 is 2.48 bits per heavy atom. The number of piperazine rings is 1. The molecule has 0 saturated carbocycles. The first-order chi connectivity index (χ1) is 12.1. The first-order valence-electron chi connectivity index (χ1n) is 8.20. The van der Waals surface area contributed by atoms with Crippen LogP contribution in [-0.2, 0) is 4.79 Å². The molecule has 6 heteroatoms. The summed E-state index contributed by atoms with van der Waals surface area (Å²) in [7, 11) is 0. The monoisotopic (exact) mass is 335 g/mol. The molecule has 0 bridgehead atoms. The van der Waals surface area contributed by atoms with Gasteiger partial charge in [-0.1, -0.05) is 30.3 Å². The summed E-state index contributed by atoms with van der Waals surface area (Å²) >= 11 is 0. The van der Waals surface area contributed by atoms with Gasteiger partial charge in [0.05, 0.1) is 17.8 Å². The predicted octanol–water partition coefficient (Wildman–Crippen LogP) is 1.61. The fourth-order valence-electron chi connectivity index (χ4n) is 3.35. The lowest BCUT2D eigenvalue weighted by Gasteiger charge is -2.39. The van der Waals surface area contributed by atoms with Crippen molar-refractivity contribution >= 4 is 23.4 Å². The molecule has 2 aliphatic heterocycles. The molecule has 2 aliphatic rings. The van der Waals surface area contributed by atoms with Gasteiger partial charge in [0.2, 0.25) is 5.91 Å². The average Bonchev–Trinajstić information content (AvgIpc) is 2.77. The van der Waals surface area contributed by atoms with Gasteiger partial charge >= 0.3 is 0 Å². The van der Waals surface area contributed by atoms with Crippen molar-refractivity contribution in [3.05, 3.63) is 65.7 Å². The summed E-state index contributed by atoms with van der Waals surface area (Å²) in [5.74, 6) is -0.558. The first-order valence-corrected chi connectivity index (χ1v) is 8.20. The second-order valence-electron chi connectivity index (χ2n) is 6.17. The normalized spacial score (nSPS) is 19.6. The van der Waals surface area contributed by atoms with E-state index in [4.69, 9.17) is 0 Å². The highest BCUT2D eigenvalue weighted by molar-refractivity contribution is 6.10. The number of rotatable bonds is 1. The van der Waals surface area contributed by atoms with Crippen LogP contribution in [0.4, 0.5) is 5.69 Å². The number of nitrogens with zero attached hydrogens (tertiary/aromatic N) is 2. The minimum absolute atomic E-state index is 0.123. The van der Waals surface area contributed by atoms with E-state index in [1.54, 1.807) is 46.2 Å². The topological polar surface area (TPSA) is 69.7 Å². The third kappa shape index (κ3) is 2.65. The van der Waals surface area contributed by atoms with Crippen LogP contribution in [0, 0.1) is 0 Å². The maximum atomic E-state index is 12.8. The molecular weight excluding hydrogens is 318 g/mol. The van der Waals surface area contributed by atoms with Gasteiger partial charge in [0, 0.05) is 18.7 Å². The molecule has 3 amide bonds. The lowest BCUT2D eigenvalue weighted by Crippen LogP contribution is -2.59. The van der Waals surface area contributed by atoms with Crippen LogP contribution in [0.1, 0.15) is 20.7 Å². The maximum absolute atomic E-state index is 12.8. The number of carbonyl (C=O) groups is 3. The predicted molar refractivity (Wildman–Crippen MR) is 92.2 cm³/mol. The molecule has 1 saturated heterocycles. The van der Waals surface area contributed by atoms with Crippen LogP contribution in [0.3, 0.4) is 0 Å². The van der Waals surface area contributed by atoms with Gasteiger partial charge in [0.15, 0.2) is 0 Å². The van der Waals surface area contributed by atoms with E-state index in [-0.39, 0.29) is 24.3 Å². The molecular formula is C19H17N3O3. The number of amides is 3. The van der Waals surface area contributed by atoms with Crippen molar-refractivity contribution < 1.29 is 14.4 Å². The molecule has 2 aromatic rings. The zero-order valence-corrected chi connectivity index (χ0v) is 13.5. The quantitative estimate of drug-likeness (QED) is 0.861. The molecule has 0 unspecified atom stereocenters. The summed E-state index contributed by atoms with van der Waals surface area (Å²) < 4.78 is 0. The van der Waals surface area contributed by atoms with Crippen LogP contribution in [0.25, 0.3) is 0 Å². The van der Waals surface area contributed by atoms with E-state index in [1.807, 2.05) is 18.2 Å². The molecule has 4 rings (SSSR count). The number of carbonyl (C=O) groups excluding carboxylic acids is 3. The van der Waals surface area contributed by atoms with Crippen LogP contribution in [0.2, 0.25) is 0 Å². The van der Waals surface area contributed by atoms with Crippen molar-refractivity contribution in [1.29, 1.82) is 0 Å². The summed E-state index contributed by atoms with van der Waals surface area (Å²) in [4.78, 5) is 41.3. The van der Waals surface area contributed by atoms with Gasteiger partial charge in [-0.25, -0.2) is 0 Å². The standard InChI is InChI=1S/C19H17N3O3/c23-17-16-12-21(18(24)13-6-2-1-3-7-13)10-11-22(16)19(25)14-8-4-5-9-15(14)20-17/h1-9,16H,10-12H2,(H,20,23)/t16-/m0/s1. The van der Waals surface area contributed by atoms with Crippen LogP contribution < -0.4 is 5.32 Å². The zero-order valence-electron chi connectivity index (χ0n) is 13.5. The number of fused-ring (bicyclic) bond motifs is 2. The molecule has 25 heavy (non-hydrogen) atoms. The second-order valence-corrected chi connectivity index (χ2v) is 6.17. The Kier molecular flexibility index (Phi) is 3.72. The molecule has 0 aliphatic carbocycles. The van der Waals surface area contributed by atoms with E-state index >= 15 is 0 Å². The number of hydrogen-bond acceptors (Lipinski definition) is 3. The van der Waals surface area contributed by atoms with Crippen molar-refractivity contribution in [3.8, 4) is 0 Å².